The minimum atomic E-state index is -4.77. The normalized spacial score (nSPS) is 12.5. The molecule has 1 rings (SSSR count). The third-order valence-electron chi connectivity index (χ3n) is 2.73. The van der Waals surface area contributed by atoms with Gasteiger partial charge >= 0.3 is 18.1 Å². The van der Waals surface area contributed by atoms with Gasteiger partial charge in [0.2, 0.25) is 0 Å². The number of alkyl halides is 3. The number of aliphatic carboxylic acids is 2. The largest absolute Gasteiger partial charge is 0.481 e. The van der Waals surface area contributed by atoms with Gasteiger partial charge in [-0.15, -0.1) is 0 Å². The highest BCUT2D eigenvalue weighted by molar-refractivity contribution is 5.98. The molecule has 0 spiro atoms. The SMILES string of the molecule is O=C(O)CC[C@H](NC(=O)c1ccccc1C(F)(F)F)C(=O)O. The van der Waals surface area contributed by atoms with Crippen LogP contribution in [0.1, 0.15) is 28.8 Å². The predicted molar refractivity (Wildman–Crippen MR) is 67.2 cm³/mol. The third kappa shape index (κ3) is 4.76. The molecule has 0 aliphatic carbocycles. The number of amides is 1. The van der Waals surface area contributed by atoms with E-state index in [1.165, 1.54) is 6.07 Å². The molecule has 0 saturated heterocycles. The van der Waals surface area contributed by atoms with E-state index in [0.717, 1.165) is 12.1 Å². The molecule has 1 aromatic rings. The number of hydrogen-bond acceptors (Lipinski definition) is 3. The first kappa shape index (κ1) is 17.5. The van der Waals surface area contributed by atoms with Gasteiger partial charge in [0, 0.05) is 6.42 Å². The van der Waals surface area contributed by atoms with E-state index in [1.54, 1.807) is 0 Å². The van der Waals surface area contributed by atoms with Crippen molar-refractivity contribution in [3.63, 3.8) is 0 Å². The van der Waals surface area contributed by atoms with Gasteiger partial charge in [0.1, 0.15) is 6.04 Å². The zero-order valence-corrected chi connectivity index (χ0v) is 11.1. The van der Waals surface area contributed by atoms with Crippen molar-refractivity contribution in [2.24, 2.45) is 0 Å². The van der Waals surface area contributed by atoms with Crippen molar-refractivity contribution in [3.05, 3.63) is 35.4 Å². The molecule has 0 unspecified atom stereocenters. The topological polar surface area (TPSA) is 104 Å². The second-order valence-electron chi connectivity index (χ2n) is 4.34. The van der Waals surface area contributed by atoms with Crippen molar-refractivity contribution in [2.45, 2.75) is 25.1 Å². The highest BCUT2D eigenvalue weighted by Crippen LogP contribution is 2.31. The van der Waals surface area contributed by atoms with Crippen LogP contribution in [-0.4, -0.2) is 34.1 Å². The number of carbonyl (C=O) groups is 3. The highest BCUT2D eigenvalue weighted by Gasteiger charge is 2.35. The molecule has 9 heteroatoms. The van der Waals surface area contributed by atoms with Gasteiger partial charge < -0.3 is 15.5 Å². The van der Waals surface area contributed by atoms with Gasteiger partial charge in [0.15, 0.2) is 0 Å². The van der Waals surface area contributed by atoms with E-state index in [2.05, 4.69) is 0 Å². The number of nitrogens with one attached hydrogen (secondary N) is 1. The molecule has 0 fully saturated rings. The molecule has 3 N–H and O–H groups in total. The Balaban J connectivity index is 2.96. The minimum Gasteiger partial charge on any atom is -0.481 e. The monoisotopic (exact) mass is 319 g/mol. The fourth-order valence-corrected chi connectivity index (χ4v) is 1.69. The quantitative estimate of drug-likeness (QED) is 0.741. The molecular formula is C13H12F3NO5. The fraction of sp³-hybridized carbons (Fsp3) is 0.308. The molecule has 0 aromatic heterocycles. The minimum absolute atomic E-state index is 0.440. The summed E-state index contributed by atoms with van der Waals surface area (Å²) in [5.41, 5.74) is -1.92. The molecule has 120 valence electrons. The maximum atomic E-state index is 12.8. The predicted octanol–water partition coefficient (Wildman–Crippen LogP) is 1.75. The molecule has 6 nitrogen and oxygen atoms in total. The molecule has 0 heterocycles. The van der Waals surface area contributed by atoms with Crippen LogP contribution >= 0.6 is 0 Å². The molecule has 1 aromatic carbocycles. The summed E-state index contributed by atoms with van der Waals surface area (Å²) in [6, 6.07) is 2.32. The van der Waals surface area contributed by atoms with E-state index in [0.29, 0.717) is 6.07 Å². The smallest absolute Gasteiger partial charge is 0.417 e. The Hall–Kier alpha value is -2.58. The number of hydrogen-bond donors (Lipinski definition) is 3. The maximum Gasteiger partial charge on any atom is 0.417 e. The summed E-state index contributed by atoms with van der Waals surface area (Å²) in [6.45, 7) is 0. The van der Waals surface area contributed by atoms with Crippen LogP contribution in [0.2, 0.25) is 0 Å². The van der Waals surface area contributed by atoms with Crippen LogP contribution < -0.4 is 5.32 Å². The van der Waals surface area contributed by atoms with Gasteiger partial charge in [-0.2, -0.15) is 13.2 Å². The maximum absolute atomic E-state index is 12.8. The Kier molecular flexibility index (Phi) is 5.50. The van der Waals surface area contributed by atoms with E-state index in [9.17, 15) is 27.6 Å². The summed E-state index contributed by atoms with van der Waals surface area (Å²) < 4.78 is 38.4. The van der Waals surface area contributed by atoms with Crippen molar-refractivity contribution in [1.29, 1.82) is 0 Å². The molecule has 22 heavy (non-hydrogen) atoms. The van der Waals surface area contributed by atoms with Gasteiger partial charge in [-0.3, -0.25) is 9.59 Å². The van der Waals surface area contributed by atoms with Crippen LogP contribution in [0.3, 0.4) is 0 Å². The van der Waals surface area contributed by atoms with Crippen LogP contribution in [0.5, 0.6) is 0 Å². The summed E-state index contributed by atoms with van der Waals surface area (Å²) in [5, 5.41) is 19.3. The third-order valence-corrected chi connectivity index (χ3v) is 2.73. The van der Waals surface area contributed by atoms with Crippen molar-refractivity contribution in [3.8, 4) is 0 Å². The van der Waals surface area contributed by atoms with E-state index in [1.807, 2.05) is 5.32 Å². The fourth-order valence-electron chi connectivity index (χ4n) is 1.69. The number of benzene rings is 1. The van der Waals surface area contributed by atoms with E-state index < -0.39 is 54.0 Å². The number of rotatable bonds is 6. The zero-order valence-electron chi connectivity index (χ0n) is 11.1. The molecule has 0 radical (unpaired) electrons. The molecule has 0 aliphatic rings. The first-order chi connectivity index (χ1) is 10.1. The lowest BCUT2D eigenvalue weighted by atomic mass is 10.1. The van der Waals surface area contributed by atoms with Gasteiger partial charge in [-0.05, 0) is 18.6 Å². The molecule has 0 bridgehead atoms. The Labute approximate surface area is 122 Å². The first-order valence-corrected chi connectivity index (χ1v) is 6.04. The van der Waals surface area contributed by atoms with Gasteiger partial charge in [-0.25, -0.2) is 4.79 Å². The second kappa shape index (κ2) is 6.92. The first-order valence-electron chi connectivity index (χ1n) is 6.04. The summed E-state index contributed by atoms with van der Waals surface area (Å²) in [6.07, 6.45) is -5.75. The Morgan fingerprint density at radius 2 is 1.73 bits per heavy atom. The van der Waals surface area contributed by atoms with Gasteiger partial charge in [0.25, 0.3) is 5.91 Å². The number of carboxylic acid groups (broad SMARTS) is 2. The van der Waals surface area contributed by atoms with Gasteiger partial charge in [-0.1, -0.05) is 12.1 Å². The molecular weight excluding hydrogens is 307 g/mol. The standard InChI is InChI=1S/C13H12F3NO5/c14-13(15,16)8-4-2-1-3-7(8)11(20)17-9(12(21)22)5-6-10(18)19/h1-4,9H,5-6H2,(H,17,20)(H,18,19)(H,21,22)/t9-/m0/s1. The van der Waals surface area contributed by atoms with Gasteiger partial charge in [0.05, 0.1) is 11.1 Å². The van der Waals surface area contributed by atoms with Crippen molar-refractivity contribution < 1.29 is 37.8 Å². The lowest BCUT2D eigenvalue weighted by Crippen LogP contribution is -2.41. The van der Waals surface area contributed by atoms with E-state index in [4.69, 9.17) is 10.2 Å². The second-order valence-corrected chi connectivity index (χ2v) is 4.34. The van der Waals surface area contributed by atoms with Crippen LogP contribution in [0.25, 0.3) is 0 Å². The molecule has 0 aliphatic heterocycles. The van der Waals surface area contributed by atoms with E-state index >= 15 is 0 Å². The van der Waals surface area contributed by atoms with Crippen molar-refractivity contribution in [2.75, 3.05) is 0 Å². The lowest BCUT2D eigenvalue weighted by Gasteiger charge is -2.16. The summed E-state index contributed by atoms with van der Waals surface area (Å²) >= 11 is 0. The summed E-state index contributed by atoms with van der Waals surface area (Å²) in [5.74, 6) is -4.04. The van der Waals surface area contributed by atoms with Crippen molar-refractivity contribution >= 4 is 17.8 Å². The Morgan fingerprint density at radius 1 is 1.14 bits per heavy atom. The molecule has 0 saturated carbocycles. The summed E-state index contributed by atoms with van der Waals surface area (Å²) in [4.78, 5) is 33.2. The zero-order chi connectivity index (χ0) is 16.9. The number of carboxylic acids is 2. The van der Waals surface area contributed by atoms with Crippen LogP contribution in [0.15, 0.2) is 24.3 Å². The van der Waals surface area contributed by atoms with Crippen LogP contribution in [0, 0.1) is 0 Å². The Morgan fingerprint density at radius 3 is 2.23 bits per heavy atom. The van der Waals surface area contributed by atoms with Crippen LogP contribution in [-0.2, 0) is 15.8 Å². The highest BCUT2D eigenvalue weighted by atomic mass is 19.4. The Bertz CT molecular complexity index is 585. The average Bonchev–Trinajstić information content (AvgIpc) is 2.41. The molecule has 1 amide bonds. The average molecular weight is 319 g/mol. The van der Waals surface area contributed by atoms with Crippen LogP contribution in [0.4, 0.5) is 13.2 Å². The lowest BCUT2D eigenvalue weighted by molar-refractivity contribution is -0.140. The molecule has 1 atom stereocenters. The van der Waals surface area contributed by atoms with Crippen molar-refractivity contribution in [1.82, 2.24) is 5.32 Å². The van der Waals surface area contributed by atoms with E-state index in [-0.39, 0.29) is 0 Å². The summed E-state index contributed by atoms with van der Waals surface area (Å²) in [7, 11) is 0. The number of halogens is 3. The number of carbonyl (C=O) groups excluding carboxylic acids is 1.